The summed E-state index contributed by atoms with van der Waals surface area (Å²) in [6, 6.07) is 5.12. The van der Waals surface area contributed by atoms with E-state index in [2.05, 4.69) is 22.1 Å². The first-order valence-electron chi connectivity index (χ1n) is 9.32. The van der Waals surface area contributed by atoms with E-state index < -0.39 is 11.1 Å². The maximum Gasteiger partial charge on any atom is 0.316 e. The van der Waals surface area contributed by atoms with E-state index in [0.29, 0.717) is 36.4 Å². The van der Waals surface area contributed by atoms with E-state index in [0.717, 1.165) is 13.1 Å². The first-order valence-corrected chi connectivity index (χ1v) is 9.32. The van der Waals surface area contributed by atoms with E-state index >= 15 is 0 Å². The number of hydrogen-bond acceptors (Lipinski definition) is 5. The molecular formula is C19H26N4O4. The molecule has 1 amide bonds. The Morgan fingerprint density at radius 1 is 1.26 bits per heavy atom. The summed E-state index contributed by atoms with van der Waals surface area (Å²) in [5.74, 6) is -0.209. The van der Waals surface area contributed by atoms with Crippen molar-refractivity contribution in [2.24, 2.45) is 0 Å². The summed E-state index contributed by atoms with van der Waals surface area (Å²) in [6.45, 7) is 9.39. The van der Waals surface area contributed by atoms with Gasteiger partial charge in [0.05, 0.1) is 24.2 Å². The summed E-state index contributed by atoms with van der Waals surface area (Å²) in [4.78, 5) is 41.3. The monoisotopic (exact) mass is 374 g/mol. The van der Waals surface area contributed by atoms with Gasteiger partial charge in [0.1, 0.15) is 0 Å². The van der Waals surface area contributed by atoms with Gasteiger partial charge in [0.15, 0.2) is 0 Å². The Hall–Kier alpha value is -2.45. The van der Waals surface area contributed by atoms with Crippen LogP contribution in [-0.2, 0) is 11.3 Å². The van der Waals surface area contributed by atoms with Crippen molar-refractivity contribution in [1.29, 1.82) is 0 Å². The van der Waals surface area contributed by atoms with Gasteiger partial charge in [-0.2, -0.15) is 0 Å². The summed E-state index contributed by atoms with van der Waals surface area (Å²) in [7, 11) is 0. The normalized spacial score (nSPS) is 17.6. The van der Waals surface area contributed by atoms with Crippen LogP contribution in [0.2, 0.25) is 0 Å². The van der Waals surface area contributed by atoms with E-state index in [1.807, 2.05) is 6.92 Å². The molecule has 0 bridgehead atoms. The third kappa shape index (κ3) is 3.96. The highest BCUT2D eigenvalue weighted by molar-refractivity contribution is 5.97. The Morgan fingerprint density at radius 2 is 1.96 bits per heavy atom. The summed E-state index contributed by atoms with van der Waals surface area (Å²) in [6.07, 6.45) is 0. The average Bonchev–Trinajstić information content (AvgIpc) is 2.68. The van der Waals surface area contributed by atoms with Gasteiger partial charge in [0.2, 0.25) is 0 Å². The standard InChI is InChI=1S/C19H26N4O4/c1-4-23-16-6-5-14(11-15(16)21-18(25)19(23)26)17(24)20-12(2)13(3)22-7-9-27-10-8-22/h5-6,11-13H,4,7-10H2,1-3H3,(H,20,24)(H,21,25). The second-order valence-corrected chi connectivity index (χ2v) is 6.89. The third-order valence-corrected chi connectivity index (χ3v) is 5.26. The van der Waals surface area contributed by atoms with Crippen molar-refractivity contribution in [3.63, 3.8) is 0 Å². The number of amides is 1. The Morgan fingerprint density at radius 3 is 2.63 bits per heavy atom. The van der Waals surface area contributed by atoms with Gasteiger partial charge in [-0.3, -0.25) is 19.3 Å². The minimum atomic E-state index is -0.684. The number of nitrogens with one attached hydrogen (secondary N) is 2. The molecule has 2 atom stereocenters. The lowest BCUT2D eigenvalue weighted by atomic mass is 10.1. The van der Waals surface area contributed by atoms with Crippen molar-refractivity contribution in [3.05, 3.63) is 44.5 Å². The molecule has 8 nitrogen and oxygen atoms in total. The number of morpholine rings is 1. The first kappa shape index (κ1) is 19.3. The molecule has 2 aromatic rings. The number of fused-ring (bicyclic) bond motifs is 1. The molecule has 0 aliphatic carbocycles. The lowest BCUT2D eigenvalue weighted by molar-refractivity contribution is 0.0137. The zero-order chi connectivity index (χ0) is 19.6. The van der Waals surface area contributed by atoms with Crippen LogP contribution in [0.4, 0.5) is 0 Å². The maximum atomic E-state index is 12.7. The second-order valence-electron chi connectivity index (χ2n) is 6.89. The molecule has 27 heavy (non-hydrogen) atoms. The van der Waals surface area contributed by atoms with E-state index in [4.69, 9.17) is 4.74 Å². The molecule has 1 aliphatic heterocycles. The average molecular weight is 374 g/mol. The highest BCUT2D eigenvalue weighted by Gasteiger charge is 2.23. The minimum absolute atomic E-state index is 0.0464. The van der Waals surface area contributed by atoms with Crippen LogP contribution < -0.4 is 16.4 Å². The number of nitrogens with zero attached hydrogens (tertiary/aromatic N) is 2. The molecule has 2 unspecified atom stereocenters. The number of rotatable bonds is 5. The molecule has 3 rings (SSSR count). The van der Waals surface area contributed by atoms with Gasteiger partial charge in [0, 0.05) is 37.3 Å². The highest BCUT2D eigenvalue weighted by atomic mass is 16.5. The van der Waals surface area contributed by atoms with Gasteiger partial charge in [-0.1, -0.05) is 0 Å². The SMILES string of the molecule is CCn1c(=O)c(=O)[nH]c2cc(C(=O)NC(C)C(C)N3CCOCC3)ccc21. The molecule has 1 saturated heterocycles. The maximum absolute atomic E-state index is 12.7. The lowest BCUT2D eigenvalue weighted by Crippen LogP contribution is -2.52. The number of carbonyl (C=O) groups excluding carboxylic acids is 1. The van der Waals surface area contributed by atoms with Crippen molar-refractivity contribution in [1.82, 2.24) is 19.8 Å². The topological polar surface area (TPSA) is 96.4 Å². The summed E-state index contributed by atoms with van der Waals surface area (Å²) < 4.78 is 6.78. The molecule has 1 fully saturated rings. The number of ether oxygens (including phenoxy) is 1. The zero-order valence-electron chi connectivity index (χ0n) is 15.9. The molecule has 1 aromatic heterocycles. The quantitative estimate of drug-likeness (QED) is 0.745. The summed E-state index contributed by atoms with van der Waals surface area (Å²) >= 11 is 0. The number of aryl methyl sites for hydroxylation is 1. The van der Waals surface area contributed by atoms with Crippen molar-refractivity contribution >= 4 is 16.9 Å². The Kier molecular flexibility index (Phi) is 5.76. The number of benzene rings is 1. The van der Waals surface area contributed by atoms with Gasteiger partial charge in [-0.05, 0) is 39.0 Å². The number of carbonyl (C=O) groups is 1. The number of aromatic amines is 1. The van der Waals surface area contributed by atoms with Crippen molar-refractivity contribution < 1.29 is 9.53 Å². The van der Waals surface area contributed by atoms with Gasteiger partial charge >= 0.3 is 11.1 Å². The minimum Gasteiger partial charge on any atom is -0.379 e. The number of aromatic nitrogens is 2. The van der Waals surface area contributed by atoms with E-state index in [-0.39, 0.29) is 18.0 Å². The molecule has 1 aliphatic rings. The smallest absolute Gasteiger partial charge is 0.316 e. The third-order valence-electron chi connectivity index (χ3n) is 5.26. The fourth-order valence-corrected chi connectivity index (χ4v) is 3.45. The fourth-order valence-electron chi connectivity index (χ4n) is 3.45. The second kappa shape index (κ2) is 8.06. The zero-order valence-corrected chi connectivity index (χ0v) is 15.9. The van der Waals surface area contributed by atoms with Crippen LogP contribution in [0.5, 0.6) is 0 Å². The van der Waals surface area contributed by atoms with Crippen molar-refractivity contribution in [2.45, 2.75) is 39.4 Å². The molecule has 0 radical (unpaired) electrons. The Bertz CT molecular complexity index is 943. The van der Waals surface area contributed by atoms with E-state index in [1.54, 1.807) is 25.1 Å². The van der Waals surface area contributed by atoms with Gasteiger partial charge < -0.3 is 19.6 Å². The first-order chi connectivity index (χ1) is 12.9. The van der Waals surface area contributed by atoms with Crippen LogP contribution in [0.25, 0.3) is 11.0 Å². The van der Waals surface area contributed by atoms with Crippen molar-refractivity contribution in [2.75, 3.05) is 26.3 Å². The Balaban J connectivity index is 1.80. The summed E-state index contributed by atoms with van der Waals surface area (Å²) in [5, 5.41) is 3.03. The molecule has 1 aromatic carbocycles. The molecular weight excluding hydrogens is 348 g/mol. The van der Waals surface area contributed by atoms with Gasteiger partial charge in [-0.15, -0.1) is 0 Å². The van der Waals surface area contributed by atoms with Gasteiger partial charge in [-0.25, -0.2) is 0 Å². The summed E-state index contributed by atoms with van der Waals surface area (Å²) in [5.41, 5.74) is 0.253. The van der Waals surface area contributed by atoms with E-state index in [9.17, 15) is 14.4 Å². The van der Waals surface area contributed by atoms with Crippen LogP contribution in [0.3, 0.4) is 0 Å². The molecule has 2 heterocycles. The Labute approximate surface area is 157 Å². The van der Waals surface area contributed by atoms with Crippen LogP contribution in [-0.4, -0.2) is 58.7 Å². The lowest BCUT2D eigenvalue weighted by Gasteiger charge is -2.35. The van der Waals surface area contributed by atoms with Crippen LogP contribution >= 0.6 is 0 Å². The van der Waals surface area contributed by atoms with Crippen LogP contribution in [0, 0.1) is 0 Å². The van der Waals surface area contributed by atoms with Crippen LogP contribution in [0.1, 0.15) is 31.1 Å². The fraction of sp³-hybridized carbons (Fsp3) is 0.526. The molecule has 8 heteroatoms. The molecule has 0 spiro atoms. The molecule has 2 N–H and O–H groups in total. The highest BCUT2D eigenvalue weighted by Crippen LogP contribution is 2.13. The molecule has 0 saturated carbocycles. The predicted octanol–water partition coefficient (Wildman–Crippen LogP) is 0.549. The molecule has 146 valence electrons. The largest absolute Gasteiger partial charge is 0.379 e. The van der Waals surface area contributed by atoms with Gasteiger partial charge in [0.25, 0.3) is 5.91 Å². The van der Waals surface area contributed by atoms with Crippen LogP contribution in [0.15, 0.2) is 27.8 Å². The number of H-pyrrole nitrogens is 1. The van der Waals surface area contributed by atoms with E-state index in [1.165, 1.54) is 4.57 Å². The number of hydrogen-bond donors (Lipinski definition) is 2. The predicted molar refractivity (Wildman–Crippen MR) is 103 cm³/mol. The van der Waals surface area contributed by atoms with Crippen molar-refractivity contribution in [3.8, 4) is 0 Å².